The van der Waals surface area contributed by atoms with Crippen LogP contribution < -0.4 is 0 Å². The molecule has 0 aromatic carbocycles. The van der Waals surface area contributed by atoms with Gasteiger partial charge in [0.05, 0.1) is 0 Å². The SMILES string of the molecule is CC1=CC=CC(C)(S)C1S. The maximum absolute atomic E-state index is 4.47. The highest BCUT2D eigenvalue weighted by molar-refractivity contribution is 7.86. The smallest absolute Gasteiger partial charge is 0.0437 e. The molecule has 0 aromatic heterocycles. The van der Waals surface area contributed by atoms with E-state index in [1.807, 2.05) is 6.08 Å². The largest absolute Gasteiger partial charge is 0.170 e. The van der Waals surface area contributed by atoms with Gasteiger partial charge in [-0.1, -0.05) is 23.8 Å². The number of rotatable bonds is 0. The van der Waals surface area contributed by atoms with Crippen molar-refractivity contribution >= 4 is 25.3 Å². The molecule has 10 heavy (non-hydrogen) atoms. The van der Waals surface area contributed by atoms with Gasteiger partial charge in [0.1, 0.15) is 0 Å². The van der Waals surface area contributed by atoms with Gasteiger partial charge in [0.15, 0.2) is 0 Å². The predicted octanol–water partition coefficient (Wildman–Crippen LogP) is 2.49. The second kappa shape index (κ2) is 2.67. The quantitative estimate of drug-likeness (QED) is 0.515. The Hall–Kier alpha value is 0.180. The fraction of sp³-hybridized carbons (Fsp3) is 0.500. The molecule has 0 amide bonds. The molecule has 0 saturated heterocycles. The van der Waals surface area contributed by atoms with E-state index < -0.39 is 0 Å². The summed E-state index contributed by atoms with van der Waals surface area (Å²) in [5.74, 6) is 0. The standard InChI is InChI=1S/C8H12S2/c1-6-4-3-5-8(2,10)7(6)9/h3-5,7,9-10H,1-2H3. The Labute approximate surface area is 73.2 Å². The molecule has 2 heteroatoms. The van der Waals surface area contributed by atoms with Crippen molar-refractivity contribution in [3.05, 3.63) is 23.8 Å². The minimum atomic E-state index is -0.0814. The molecular weight excluding hydrogens is 160 g/mol. The summed E-state index contributed by atoms with van der Waals surface area (Å²) < 4.78 is -0.0814. The lowest BCUT2D eigenvalue weighted by atomic mass is 9.95. The summed E-state index contributed by atoms with van der Waals surface area (Å²) in [5, 5.41) is 0.251. The average Bonchev–Trinajstić information content (AvgIpc) is 1.83. The van der Waals surface area contributed by atoms with Crippen LogP contribution in [0.25, 0.3) is 0 Å². The van der Waals surface area contributed by atoms with Crippen LogP contribution in [0.4, 0.5) is 0 Å². The van der Waals surface area contributed by atoms with Gasteiger partial charge in [0.2, 0.25) is 0 Å². The third-order valence-electron chi connectivity index (χ3n) is 1.78. The molecule has 0 aliphatic heterocycles. The van der Waals surface area contributed by atoms with E-state index in [4.69, 9.17) is 0 Å². The molecule has 1 aliphatic rings. The Morgan fingerprint density at radius 1 is 1.60 bits per heavy atom. The van der Waals surface area contributed by atoms with E-state index in [1.54, 1.807) is 0 Å². The summed E-state index contributed by atoms with van der Waals surface area (Å²) >= 11 is 8.91. The van der Waals surface area contributed by atoms with Crippen LogP contribution in [-0.2, 0) is 0 Å². The monoisotopic (exact) mass is 172 g/mol. The van der Waals surface area contributed by atoms with Gasteiger partial charge < -0.3 is 0 Å². The zero-order valence-electron chi connectivity index (χ0n) is 6.20. The zero-order chi connectivity index (χ0) is 7.78. The number of thiol groups is 2. The summed E-state index contributed by atoms with van der Waals surface area (Å²) in [4.78, 5) is 0. The van der Waals surface area contributed by atoms with Gasteiger partial charge in [-0.25, -0.2) is 0 Å². The summed E-state index contributed by atoms with van der Waals surface area (Å²) in [5.41, 5.74) is 1.28. The van der Waals surface area contributed by atoms with E-state index in [0.29, 0.717) is 0 Å². The lowest BCUT2D eigenvalue weighted by Gasteiger charge is -2.29. The highest BCUT2D eigenvalue weighted by Crippen LogP contribution is 2.32. The zero-order valence-corrected chi connectivity index (χ0v) is 7.99. The van der Waals surface area contributed by atoms with Crippen molar-refractivity contribution < 1.29 is 0 Å². The van der Waals surface area contributed by atoms with Crippen molar-refractivity contribution in [1.82, 2.24) is 0 Å². The first-order chi connectivity index (χ1) is 4.54. The van der Waals surface area contributed by atoms with Gasteiger partial charge in [-0.15, -0.1) is 0 Å². The number of hydrogen-bond donors (Lipinski definition) is 2. The van der Waals surface area contributed by atoms with Crippen LogP contribution in [0.3, 0.4) is 0 Å². The maximum Gasteiger partial charge on any atom is 0.0437 e. The second-order valence-corrected chi connectivity index (χ2v) is 4.38. The highest BCUT2D eigenvalue weighted by atomic mass is 32.1. The average molecular weight is 172 g/mol. The van der Waals surface area contributed by atoms with Crippen molar-refractivity contribution in [1.29, 1.82) is 0 Å². The Kier molecular flexibility index (Phi) is 2.21. The lowest BCUT2D eigenvalue weighted by Crippen LogP contribution is -2.29. The van der Waals surface area contributed by atoms with Gasteiger partial charge in [0, 0.05) is 10.00 Å². The fourth-order valence-corrected chi connectivity index (χ4v) is 1.50. The molecule has 2 unspecified atom stereocenters. The summed E-state index contributed by atoms with van der Waals surface area (Å²) in [6, 6.07) is 0. The minimum absolute atomic E-state index is 0.0814. The summed E-state index contributed by atoms with van der Waals surface area (Å²) in [6.45, 7) is 4.15. The molecule has 0 bridgehead atoms. The summed E-state index contributed by atoms with van der Waals surface area (Å²) in [6.07, 6.45) is 6.19. The molecule has 0 radical (unpaired) electrons. The Morgan fingerprint density at radius 2 is 2.20 bits per heavy atom. The second-order valence-electron chi connectivity index (χ2n) is 2.90. The predicted molar refractivity (Wildman–Crippen MR) is 53.1 cm³/mol. The molecule has 0 heterocycles. The molecule has 56 valence electrons. The molecule has 1 rings (SSSR count). The first kappa shape index (κ1) is 8.28. The first-order valence-corrected chi connectivity index (χ1v) is 4.27. The van der Waals surface area contributed by atoms with Crippen LogP contribution >= 0.6 is 25.3 Å². The molecule has 0 aromatic rings. The Balaban J connectivity index is 2.89. The van der Waals surface area contributed by atoms with Gasteiger partial charge in [-0.05, 0) is 13.8 Å². The molecule has 0 N–H and O–H groups in total. The van der Waals surface area contributed by atoms with Crippen LogP contribution in [0.5, 0.6) is 0 Å². The van der Waals surface area contributed by atoms with E-state index in [-0.39, 0.29) is 10.00 Å². The van der Waals surface area contributed by atoms with E-state index in [1.165, 1.54) is 5.57 Å². The minimum Gasteiger partial charge on any atom is -0.170 e. The van der Waals surface area contributed by atoms with Crippen molar-refractivity contribution in [2.75, 3.05) is 0 Å². The van der Waals surface area contributed by atoms with E-state index >= 15 is 0 Å². The topological polar surface area (TPSA) is 0 Å². The van der Waals surface area contributed by atoms with Crippen molar-refractivity contribution in [3.8, 4) is 0 Å². The molecule has 0 fully saturated rings. The molecule has 1 aliphatic carbocycles. The van der Waals surface area contributed by atoms with Crippen LogP contribution in [0.15, 0.2) is 23.8 Å². The fourth-order valence-electron chi connectivity index (χ4n) is 1.04. The third kappa shape index (κ3) is 1.43. The normalized spacial score (nSPS) is 39.6. The van der Waals surface area contributed by atoms with Crippen LogP contribution in [0.1, 0.15) is 13.8 Å². The summed E-state index contributed by atoms with van der Waals surface area (Å²) in [7, 11) is 0. The van der Waals surface area contributed by atoms with E-state index in [0.717, 1.165) is 0 Å². The third-order valence-corrected chi connectivity index (χ3v) is 3.33. The van der Waals surface area contributed by atoms with Crippen LogP contribution in [0, 0.1) is 0 Å². The van der Waals surface area contributed by atoms with Crippen molar-refractivity contribution in [2.24, 2.45) is 0 Å². The molecule has 2 atom stereocenters. The highest BCUT2D eigenvalue weighted by Gasteiger charge is 2.27. The van der Waals surface area contributed by atoms with Crippen LogP contribution in [-0.4, -0.2) is 10.00 Å². The van der Waals surface area contributed by atoms with Crippen molar-refractivity contribution in [3.63, 3.8) is 0 Å². The van der Waals surface area contributed by atoms with E-state index in [2.05, 4.69) is 51.3 Å². The van der Waals surface area contributed by atoms with Gasteiger partial charge in [-0.3, -0.25) is 0 Å². The molecule has 0 spiro atoms. The Morgan fingerprint density at radius 3 is 2.60 bits per heavy atom. The Bertz CT molecular complexity index is 189. The van der Waals surface area contributed by atoms with Gasteiger partial charge in [-0.2, -0.15) is 25.3 Å². The lowest BCUT2D eigenvalue weighted by molar-refractivity contribution is 0.792. The molecule has 0 saturated carbocycles. The number of allylic oxidation sites excluding steroid dienone is 2. The maximum atomic E-state index is 4.47. The van der Waals surface area contributed by atoms with Crippen molar-refractivity contribution in [2.45, 2.75) is 23.8 Å². The van der Waals surface area contributed by atoms with Gasteiger partial charge >= 0.3 is 0 Å². The van der Waals surface area contributed by atoms with E-state index in [9.17, 15) is 0 Å². The van der Waals surface area contributed by atoms with Gasteiger partial charge in [0.25, 0.3) is 0 Å². The first-order valence-electron chi connectivity index (χ1n) is 3.30. The number of hydrogen-bond acceptors (Lipinski definition) is 2. The molecular formula is C8H12S2. The molecule has 0 nitrogen and oxygen atoms in total. The van der Waals surface area contributed by atoms with Crippen LogP contribution in [0.2, 0.25) is 0 Å².